The highest BCUT2D eigenvalue weighted by molar-refractivity contribution is 5.92. The minimum Gasteiger partial charge on any atom is -0.384 e. The van der Waals surface area contributed by atoms with E-state index in [1.807, 2.05) is 30.3 Å². The predicted octanol–water partition coefficient (Wildman–Crippen LogP) is 1.17. The third-order valence-electron chi connectivity index (χ3n) is 3.00. The Kier molecular flexibility index (Phi) is 3.78. The van der Waals surface area contributed by atoms with Crippen LogP contribution in [0.25, 0.3) is 5.95 Å². The molecule has 3 N–H and O–H groups in total. The number of nitrogens with two attached hydrogens (primary N) is 1. The summed E-state index contributed by atoms with van der Waals surface area (Å²) in [5, 5.41) is 2.81. The summed E-state index contributed by atoms with van der Waals surface area (Å²) >= 11 is 0. The van der Waals surface area contributed by atoms with Crippen LogP contribution < -0.4 is 11.1 Å². The van der Waals surface area contributed by atoms with Gasteiger partial charge in [-0.25, -0.2) is 9.97 Å². The van der Waals surface area contributed by atoms with Crippen LogP contribution in [-0.2, 0) is 6.54 Å². The summed E-state index contributed by atoms with van der Waals surface area (Å²) < 4.78 is 1.59. The maximum absolute atomic E-state index is 12.2. The number of hydrogen-bond donors (Lipinski definition) is 2. The topological polar surface area (TPSA) is 98.7 Å². The number of benzene rings is 1. The van der Waals surface area contributed by atoms with Crippen molar-refractivity contribution in [3.8, 4) is 5.95 Å². The first-order chi connectivity index (χ1) is 10.7. The highest BCUT2D eigenvalue weighted by atomic mass is 16.1. The van der Waals surface area contributed by atoms with Gasteiger partial charge in [-0.1, -0.05) is 30.3 Å². The molecule has 22 heavy (non-hydrogen) atoms. The Morgan fingerprint density at radius 2 is 2.05 bits per heavy atom. The molecular formula is C15H14N6O. The summed E-state index contributed by atoms with van der Waals surface area (Å²) in [7, 11) is 0. The Bertz CT molecular complexity index is 770. The van der Waals surface area contributed by atoms with Crippen molar-refractivity contribution >= 4 is 11.7 Å². The molecule has 0 radical (unpaired) electrons. The van der Waals surface area contributed by atoms with E-state index in [1.165, 1.54) is 6.07 Å². The largest absolute Gasteiger partial charge is 0.384 e. The Balaban J connectivity index is 1.78. The second-order valence-corrected chi connectivity index (χ2v) is 4.62. The summed E-state index contributed by atoms with van der Waals surface area (Å²) in [6.07, 6.45) is 4.82. The van der Waals surface area contributed by atoms with Gasteiger partial charge in [-0.05, 0) is 5.56 Å². The van der Waals surface area contributed by atoms with E-state index in [1.54, 1.807) is 23.3 Å². The molecule has 0 aliphatic carbocycles. The van der Waals surface area contributed by atoms with Crippen molar-refractivity contribution in [3.05, 3.63) is 66.4 Å². The monoisotopic (exact) mass is 294 g/mol. The standard InChI is InChI=1S/C15H14N6O/c16-13-8-12(19-15(20-13)21-7-6-17-10-21)14(22)18-9-11-4-2-1-3-5-11/h1-8,10H,9H2,(H,18,22)(H2,16,19,20). The quantitative estimate of drug-likeness (QED) is 0.752. The maximum atomic E-state index is 12.2. The summed E-state index contributed by atoms with van der Waals surface area (Å²) in [5.41, 5.74) is 6.97. The second-order valence-electron chi connectivity index (χ2n) is 4.62. The van der Waals surface area contributed by atoms with Crippen molar-refractivity contribution in [1.29, 1.82) is 0 Å². The zero-order valence-corrected chi connectivity index (χ0v) is 11.7. The van der Waals surface area contributed by atoms with Gasteiger partial charge in [-0.15, -0.1) is 0 Å². The molecule has 1 amide bonds. The highest BCUT2D eigenvalue weighted by Gasteiger charge is 2.11. The molecule has 0 saturated heterocycles. The van der Waals surface area contributed by atoms with Crippen molar-refractivity contribution in [2.45, 2.75) is 6.54 Å². The van der Waals surface area contributed by atoms with Gasteiger partial charge in [-0.3, -0.25) is 9.36 Å². The molecule has 7 heteroatoms. The van der Waals surface area contributed by atoms with Gasteiger partial charge in [0.2, 0.25) is 5.95 Å². The number of imidazole rings is 1. The fourth-order valence-electron chi connectivity index (χ4n) is 1.93. The van der Waals surface area contributed by atoms with Gasteiger partial charge >= 0.3 is 0 Å². The fourth-order valence-corrected chi connectivity index (χ4v) is 1.93. The maximum Gasteiger partial charge on any atom is 0.270 e. The average molecular weight is 294 g/mol. The number of hydrogen-bond acceptors (Lipinski definition) is 5. The SMILES string of the molecule is Nc1cc(C(=O)NCc2ccccc2)nc(-n2ccnc2)n1. The van der Waals surface area contributed by atoms with Crippen LogP contribution in [-0.4, -0.2) is 25.4 Å². The lowest BCUT2D eigenvalue weighted by atomic mass is 10.2. The molecule has 0 bridgehead atoms. The number of carbonyl (C=O) groups excluding carboxylic acids is 1. The summed E-state index contributed by atoms with van der Waals surface area (Å²) in [6, 6.07) is 11.1. The van der Waals surface area contributed by atoms with Crippen LogP contribution in [0.4, 0.5) is 5.82 Å². The Morgan fingerprint density at radius 3 is 2.77 bits per heavy atom. The van der Waals surface area contributed by atoms with Crippen molar-refractivity contribution in [1.82, 2.24) is 24.8 Å². The minimum atomic E-state index is -0.306. The highest BCUT2D eigenvalue weighted by Crippen LogP contribution is 2.07. The zero-order chi connectivity index (χ0) is 15.4. The lowest BCUT2D eigenvalue weighted by Crippen LogP contribution is -2.24. The average Bonchev–Trinajstić information content (AvgIpc) is 3.07. The number of nitrogens with one attached hydrogen (secondary N) is 1. The number of amides is 1. The molecule has 2 aromatic heterocycles. The Morgan fingerprint density at radius 1 is 1.23 bits per heavy atom. The van der Waals surface area contributed by atoms with Gasteiger partial charge in [0.15, 0.2) is 0 Å². The minimum absolute atomic E-state index is 0.215. The molecule has 1 aromatic carbocycles. The van der Waals surface area contributed by atoms with Crippen molar-refractivity contribution in [2.75, 3.05) is 5.73 Å². The molecule has 0 fully saturated rings. The normalized spacial score (nSPS) is 10.4. The molecule has 0 aliphatic rings. The third kappa shape index (κ3) is 3.09. The van der Waals surface area contributed by atoms with Crippen LogP contribution in [0, 0.1) is 0 Å². The van der Waals surface area contributed by atoms with E-state index in [0.29, 0.717) is 12.5 Å². The van der Waals surface area contributed by atoms with Crippen LogP contribution in [0.1, 0.15) is 16.1 Å². The molecule has 7 nitrogen and oxygen atoms in total. The molecular weight excluding hydrogens is 280 g/mol. The van der Waals surface area contributed by atoms with Crippen LogP contribution in [0.5, 0.6) is 0 Å². The molecule has 0 saturated carbocycles. The van der Waals surface area contributed by atoms with E-state index in [0.717, 1.165) is 5.56 Å². The van der Waals surface area contributed by atoms with Gasteiger partial charge < -0.3 is 11.1 Å². The third-order valence-corrected chi connectivity index (χ3v) is 3.00. The molecule has 0 atom stereocenters. The Labute approximate surface area is 126 Å². The number of aromatic nitrogens is 4. The molecule has 2 heterocycles. The summed E-state index contributed by atoms with van der Waals surface area (Å²) in [5.74, 6) is 0.227. The molecule has 0 spiro atoms. The second kappa shape index (κ2) is 6.04. The first-order valence-electron chi connectivity index (χ1n) is 6.67. The zero-order valence-electron chi connectivity index (χ0n) is 11.7. The van der Waals surface area contributed by atoms with Gasteiger partial charge in [0, 0.05) is 25.0 Å². The number of carbonyl (C=O) groups is 1. The molecule has 3 rings (SSSR count). The summed E-state index contributed by atoms with van der Waals surface area (Å²) in [4.78, 5) is 24.4. The van der Waals surface area contributed by atoms with Crippen molar-refractivity contribution in [2.24, 2.45) is 0 Å². The molecule has 0 aliphatic heterocycles. The lowest BCUT2D eigenvalue weighted by Gasteiger charge is -2.07. The van der Waals surface area contributed by atoms with Crippen LogP contribution >= 0.6 is 0 Å². The smallest absolute Gasteiger partial charge is 0.270 e. The number of rotatable bonds is 4. The first-order valence-corrected chi connectivity index (χ1v) is 6.67. The van der Waals surface area contributed by atoms with E-state index in [2.05, 4.69) is 20.3 Å². The molecule has 0 unspecified atom stereocenters. The molecule has 3 aromatic rings. The lowest BCUT2D eigenvalue weighted by molar-refractivity contribution is 0.0945. The van der Waals surface area contributed by atoms with E-state index in [4.69, 9.17) is 5.73 Å². The summed E-state index contributed by atoms with van der Waals surface area (Å²) in [6.45, 7) is 0.421. The molecule has 110 valence electrons. The van der Waals surface area contributed by atoms with Gasteiger partial charge in [-0.2, -0.15) is 4.98 Å². The Hall–Kier alpha value is -3.22. The van der Waals surface area contributed by atoms with E-state index >= 15 is 0 Å². The van der Waals surface area contributed by atoms with E-state index < -0.39 is 0 Å². The van der Waals surface area contributed by atoms with Crippen LogP contribution in [0.15, 0.2) is 55.1 Å². The van der Waals surface area contributed by atoms with Gasteiger partial charge in [0.1, 0.15) is 17.8 Å². The predicted molar refractivity (Wildman–Crippen MR) is 81.2 cm³/mol. The fraction of sp³-hybridized carbons (Fsp3) is 0.0667. The van der Waals surface area contributed by atoms with E-state index in [-0.39, 0.29) is 17.4 Å². The first kappa shape index (κ1) is 13.7. The van der Waals surface area contributed by atoms with Crippen molar-refractivity contribution in [3.63, 3.8) is 0 Å². The van der Waals surface area contributed by atoms with Crippen LogP contribution in [0.3, 0.4) is 0 Å². The van der Waals surface area contributed by atoms with Crippen molar-refractivity contribution < 1.29 is 4.79 Å². The number of nitrogen functional groups attached to an aromatic ring is 1. The van der Waals surface area contributed by atoms with Gasteiger partial charge in [0.25, 0.3) is 5.91 Å². The number of anilines is 1. The van der Waals surface area contributed by atoms with E-state index in [9.17, 15) is 4.79 Å². The van der Waals surface area contributed by atoms with Gasteiger partial charge in [0.05, 0.1) is 0 Å². The van der Waals surface area contributed by atoms with Crippen LogP contribution in [0.2, 0.25) is 0 Å². The number of nitrogens with zero attached hydrogens (tertiary/aromatic N) is 4.